The number of carbonyl (C=O) groups excluding carboxylic acids is 1. The molecule has 0 bridgehead atoms. The lowest BCUT2D eigenvalue weighted by Gasteiger charge is -2.05. The average molecular weight is 242 g/mol. The van der Waals surface area contributed by atoms with E-state index in [1.54, 1.807) is 12.1 Å². The Morgan fingerprint density at radius 1 is 1.28 bits per heavy atom. The average Bonchev–Trinajstić information content (AvgIpc) is 2.36. The van der Waals surface area contributed by atoms with E-state index in [9.17, 15) is 9.90 Å². The van der Waals surface area contributed by atoms with Crippen molar-refractivity contribution < 1.29 is 15.0 Å². The van der Waals surface area contributed by atoms with E-state index in [0.29, 0.717) is 10.9 Å². The quantitative estimate of drug-likeness (QED) is 0.813. The molecule has 3 heteroatoms. The minimum Gasteiger partial charge on any atom is -0.507 e. The van der Waals surface area contributed by atoms with Crippen LogP contribution in [0.2, 0.25) is 0 Å². The molecule has 0 aliphatic rings. The molecule has 2 aromatic rings. The first kappa shape index (κ1) is 12.3. The number of phenolic OH excluding ortho intramolecular Hbond substituents is 1. The summed E-state index contributed by atoms with van der Waals surface area (Å²) in [5, 5.41) is 20.5. The molecule has 0 unspecified atom stereocenters. The highest BCUT2D eigenvalue weighted by atomic mass is 16.3. The zero-order valence-corrected chi connectivity index (χ0v) is 10.1. The number of rotatable bonds is 3. The molecule has 0 amide bonds. The Labute approximate surface area is 105 Å². The smallest absolute Gasteiger partial charge is 0.152 e. The molecule has 3 nitrogen and oxygen atoms in total. The number of aromatic hydroxyl groups is 1. The van der Waals surface area contributed by atoms with E-state index < -0.39 is 0 Å². The van der Waals surface area contributed by atoms with Crippen LogP contribution in [0, 0.1) is 0 Å². The molecule has 0 atom stereocenters. The first-order chi connectivity index (χ1) is 8.60. The van der Waals surface area contributed by atoms with Gasteiger partial charge in [-0.1, -0.05) is 18.2 Å². The zero-order chi connectivity index (χ0) is 13.1. The van der Waals surface area contributed by atoms with Crippen LogP contribution in [0.1, 0.15) is 18.1 Å². The minimum atomic E-state index is -0.102. The topological polar surface area (TPSA) is 57.5 Å². The fraction of sp³-hybridized carbons (Fsp3) is 0.133. The van der Waals surface area contributed by atoms with Crippen molar-refractivity contribution in [2.75, 3.05) is 0 Å². The predicted molar refractivity (Wildman–Crippen MR) is 71.3 cm³/mol. The van der Waals surface area contributed by atoms with E-state index >= 15 is 0 Å². The zero-order valence-electron chi connectivity index (χ0n) is 10.1. The number of carbonyl (C=O) groups is 1. The molecule has 0 saturated carbocycles. The van der Waals surface area contributed by atoms with Gasteiger partial charge in [0.05, 0.1) is 6.61 Å². The SMILES string of the molecule is CC(=O)/C=C/c1ccc2cc(CO)cc(O)c2c1. The number of hydrogen-bond acceptors (Lipinski definition) is 3. The van der Waals surface area contributed by atoms with Gasteiger partial charge in [-0.25, -0.2) is 0 Å². The van der Waals surface area contributed by atoms with Crippen molar-refractivity contribution in [1.29, 1.82) is 0 Å². The second kappa shape index (κ2) is 5.02. The van der Waals surface area contributed by atoms with Crippen LogP contribution in [0.25, 0.3) is 16.8 Å². The second-order valence-corrected chi connectivity index (χ2v) is 4.20. The molecule has 0 heterocycles. The lowest BCUT2D eigenvalue weighted by molar-refractivity contribution is -0.112. The van der Waals surface area contributed by atoms with Gasteiger partial charge in [-0.15, -0.1) is 0 Å². The molecule has 0 aliphatic carbocycles. The van der Waals surface area contributed by atoms with Gasteiger partial charge in [-0.2, -0.15) is 0 Å². The lowest BCUT2D eigenvalue weighted by atomic mass is 10.0. The van der Waals surface area contributed by atoms with E-state index in [-0.39, 0.29) is 18.1 Å². The predicted octanol–water partition coefficient (Wildman–Crippen LogP) is 2.64. The van der Waals surface area contributed by atoms with Gasteiger partial charge in [0.2, 0.25) is 0 Å². The second-order valence-electron chi connectivity index (χ2n) is 4.20. The number of aliphatic hydroxyl groups excluding tert-OH is 1. The van der Waals surface area contributed by atoms with Crippen LogP contribution in [-0.4, -0.2) is 16.0 Å². The highest BCUT2D eigenvalue weighted by Gasteiger charge is 2.03. The summed E-state index contributed by atoms with van der Waals surface area (Å²) in [6, 6.07) is 8.90. The van der Waals surface area contributed by atoms with Crippen molar-refractivity contribution in [3.63, 3.8) is 0 Å². The van der Waals surface area contributed by atoms with Crippen molar-refractivity contribution in [2.45, 2.75) is 13.5 Å². The molecule has 0 saturated heterocycles. The molecule has 92 valence electrons. The number of allylic oxidation sites excluding steroid dienone is 1. The van der Waals surface area contributed by atoms with E-state index in [4.69, 9.17) is 5.11 Å². The maximum absolute atomic E-state index is 10.9. The summed E-state index contributed by atoms with van der Waals surface area (Å²) in [5.41, 5.74) is 1.52. The Bertz CT molecular complexity index is 627. The maximum atomic E-state index is 10.9. The van der Waals surface area contributed by atoms with Gasteiger partial charge in [0.15, 0.2) is 5.78 Å². The third-order valence-electron chi connectivity index (χ3n) is 2.71. The fourth-order valence-corrected chi connectivity index (χ4v) is 1.82. The molecule has 2 rings (SSSR count). The van der Waals surface area contributed by atoms with Gasteiger partial charge in [-0.3, -0.25) is 4.79 Å². The van der Waals surface area contributed by atoms with Crippen LogP contribution in [0.3, 0.4) is 0 Å². The van der Waals surface area contributed by atoms with Crippen molar-refractivity contribution in [2.24, 2.45) is 0 Å². The van der Waals surface area contributed by atoms with Gasteiger partial charge in [0.25, 0.3) is 0 Å². The van der Waals surface area contributed by atoms with E-state index in [1.807, 2.05) is 24.3 Å². The van der Waals surface area contributed by atoms with Crippen LogP contribution >= 0.6 is 0 Å². The minimum absolute atomic E-state index is 0.0186. The molecule has 0 aliphatic heterocycles. The Balaban J connectivity index is 2.52. The van der Waals surface area contributed by atoms with Gasteiger partial charge < -0.3 is 10.2 Å². The molecule has 2 aromatic carbocycles. The standard InChI is InChI=1S/C15H14O3/c1-10(17)2-3-11-4-5-13-6-12(9-16)8-15(18)14(13)7-11/h2-8,16,18H,9H2,1H3/b3-2+. The Hall–Kier alpha value is -2.13. The Morgan fingerprint density at radius 2 is 2.06 bits per heavy atom. The summed E-state index contributed by atoms with van der Waals surface area (Å²) in [6.45, 7) is 1.39. The summed E-state index contributed by atoms with van der Waals surface area (Å²) in [4.78, 5) is 10.9. The first-order valence-corrected chi connectivity index (χ1v) is 5.65. The molecular formula is C15H14O3. The molecule has 0 radical (unpaired) electrons. The van der Waals surface area contributed by atoms with Crippen LogP contribution in [0.15, 0.2) is 36.4 Å². The highest BCUT2D eigenvalue weighted by molar-refractivity contribution is 5.94. The normalized spacial score (nSPS) is 11.2. The fourth-order valence-electron chi connectivity index (χ4n) is 1.82. The number of aliphatic hydroxyl groups is 1. The molecule has 2 N–H and O–H groups in total. The van der Waals surface area contributed by atoms with Gasteiger partial charge in [-0.05, 0) is 47.7 Å². The summed E-state index contributed by atoms with van der Waals surface area (Å²) >= 11 is 0. The van der Waals surface area contributed by atoms with Gasteiger partial charge >= 0.3 is 0 Å². The molecule has 0 fully saturated rings. The van der Waals surface area contributed by atoms with E-state index in [2.05, 4.69) is 0 Å². The molecule has 0 aromatic heterocycles. The summed E-state index contributed by atoms with van der Waals surface area (Å²) < 4.78 is 0. The Morgan fingerprint density at radius 3 is 2.72 bits per heavy atom. The Kier molecular flexibility index (Phi) is 3.44. The number of benzene rings is 2. The number of phenols is 1. The number of fused-ring (bicyclic) bond motifs is 1. The van der Waals surface area contributed by atoms with Crippen LogP contribution in [0.5, 0.6) is 5.75 Å². The van der Waals surface area contributed by atoms with Gasteiger partial charge in [0, 0.05) is 5.39 Å². The largest absolute Gasteiger partial charge is 0.507 e. The van der Waals surface area contributed by atoms with Crippen molar-refractivity contribution in [3.05, 3.63) is 47.5 Å². The van der Waals surface area contributed by atoms with Gasteiger partial charge in [0.1, 0.15) is 5.75 Å². The van der Waals surface area contributed by atoms with E-state index in [1.165, 1.54) is 13.0 Å². The first-order valence-electron chi connectivity index (χ1n) is 5.65. The molecular weight excluding hydrogens is 228 g/mol. The summed E-state index contributed by atoms with van der Waals surface area (Å²) in [6.07, 6.45) is 3.20. The summed E-state index contributed by atoms with van der Waals surface area (Å²) in [7, 11) is 0. The third-order valence-corrected chi connectivity index (χ3v) is 2.71. The van der Waals surface area contributed by atoms with E-state index in [0.717, 1.165) is 10.9 Å². The molecule has 18 heavy (non-hydrogen) atoms. The van der Waals surface area contributed by atoms with Crippen LogP contribution in [-0.2, 0) is 11.4 Å². The molecule has 0 spiro atoms. The monoisotopic (exact) mass is 242 g/mol. The van der Waals surface area contributed by atoms with Crippen LogP contribution < -0.4 is 0 Å². The number of ketones is 1. The van der Waals surface area contributed by atoms with Crippen molar-refractivity contribution >= 4 is 22.6 Å². The highest BCUT2D eigenvalue weighted by Crippen LogP contribution is 2.28. The number of hydrogen-bond donors (Lipinski definition) is 2. The summed E-state index contributed by atoms with van der Waals surface area (Å²) in [5.74, 6) is 0.115. The maximum Gasteiger partial charge on any atom is 0.152 e. The lowest BCUT2D eigenvalue weighted by Crippen LogP contribution is -1.85. The van der Waals surface area contributed by atoms with Crippen molar-refractivity contribution in [3.8, 4) is 5.75 Å². The third kappa shape index (κ3) is 2.57. The van der Waals surface area contributed by atoms with Crippen molar-refractivity contribution in [1.82, 2.24) is 0 Å². The van der Waals surface area contributed by atoms with Crippen LogP contribution in [0.4, 0.5) is 0 Å².